The second kappa shape index (κ2) is 11.4. The molecule has 3 heterocycles. The van der Waals surface area contributed by atoms with Crippen LogP contribution in [0.5, 0.6) is 0 Å². The number of carbonyl (C=O) groups excluding carboxylic acids is 1. The lowest BCUT2D eigenvalue weighted by Gasteiger charge is -2.45. The molecule has 11 heteroatoms. The first kappa shape index (κ1) is 29.3. The minimum absolute atomic E-state index is 0.0132. The normalized spacial score (nSPS) is 24.4. The molecule has 2 aromatic carbocycles. The first-order valence-electron chi connectivity index (χ1n) is 14.8. The SMILES string of the molecule is CCC1COCCN(Cc2cc3c(c(C(F)(F)F)c2)CN(c2cccc(C4(Cc5nncn5C)CC(C#N)C4)c2)C3=O)C1. The van der Waals surface area contributed by atoms with Gasteiger partial charge >= 0.3 is 6.18 Å². The van der Waals surface area contributed by atoms with Crippen LogP contribution in [0.1, 0.15) is 64.6 Å². The van der Waals surface area contributed by atoms with E-state index in [1.807, 2.05) is 29.8 Å². The van der Waals surface area contributed by atoms with Crippen molar-refractivity contribution in [1.29, 1.82) is 5.26 Å². The van der Waals surface area contributed by atoms with Crippen molar-refractivity contribution >= 4 is 11.6 Å². The minimum Gasteiger partial charge on any atom is -0.380 e. The predicted octanol–water partition coefficient (Wildman–Crippen LogP) is 5.27. The Morgan fingerprint density at radius 2 is 2.02 bits per heavy atom. The molecule has 1 aliphatic carbocycles. The number of fused-ring (bicyclic) bond motifs is 1. The molecule has 6 rings (SSSR count). The topological polar surface area (TPSA) is 87.3 Å². The highest BCUT2D eigenvalue weighted by Gasteiger charge is 2.47. The molecule has 0 bridgehead atoms. The number of rotatable bonds is 7. The molecule has 8 nitrogen and oxygen atoms in total. The number of nitrogens with zero attached hydrogens (tertiary/aromatic N) is 6. The molecular weight excluding hydrogens is 557 g/mol. The molecule has 43 heavy (non-hydrogen) atoms. The van der Waals surface area contributed by atoms with E-state index >= 15 is 0 Å². The summed E-state index contributed by atoms with van der Waals surface area (Å²) in [6.45, 7) is 4.80. The average Bonchev–Trinajstić information content (AvgIpc) is 3.43. The number of ether oxygens (including phenoxy) is 1. The molecule has 2 fully saturated rings. The molecule has 0 radical (unpaired) electrons. The van der Waals surface area contributed by atoms with Crippen molar-refractivity contribution in [1.82, 2.24) is 19.7 Å². The predicted molar refractivity (Wildman–Crippen MR) is 153 cm³/mol. The van der Waals surface area contributed by atoms with Crippen LogP contribution < -0.4 is 4.90 Å². The molecule has 1 saturated heterocycles. The molecular formula is C32H35F3N6O2. The summed E-state index contributed by atoms with van der Waals surface area (Å²) in [5.74, 6) is 0.580. The Morgan fingerprint density at radius 1 is 1.21 bits per heavy atom. The van der Waals surface area contributed by atoms with E-state index in [2.05, 4.69) is 28.1 Å². The Balaban J connectivity index is 1.31. The van der Waals surface area contributed by atoms with Crippen LogP contribution in [0, 0.1) is 23.2 Å². The number of hydrogen-bond acceptors (Lipinski definition) is 6. The minimum atomic E-state index is -4.59. The fourth-order valence-electron chi connectivity index (χ4n) is 6.85. The van der Waals surface area contributed by atoms with Crippen LogP contribution >= 0.6 is 0 Å². The maximum Gasteiger partial charge on any atom is 0.416 e. The van der Waals surface area contributed by atoms with Gasteiger partial charge in [0.2, 0.25) is 0 Å². The van der Waals surface area contributed by atoms with Crippen molar-refractivity contribution in [2.24, 2.45) is 18.9 Å². The van der Waals surface area contributed by atoms with Crippen molar-refractivity contribution in [3.8, 4) is 6.07 Å². The van der Waals surface area contributed by atoms with E-state index in [9.17, 15) is 23.2 Å². The maximum absolute atomic E-state index is 14.4. The second-order valence-electron chi connectivity index (χ2n) is 12.2. The highest BCUT2D eigenvalue weighted by molar-refractivity contribution is 6.10. The van der Waals surface area contributed by atoms with Gasteiger partial charge in [0.25, 0.3) is 5.91 Å². The van der Waals surface area contributed by atoms with Crippen LogP contribution in [0.3, 0.4) is 0 Å². The van der Waals surface area contributed by atoms with Gasteiger partial charge in [-0.1, -0.05) is 19.1 Å². The van der Waals surface area contributed by atoms with Gasteiger partial charge in [0.15, 0.2) is 0 Å². The molecule has 3 aromatic rings. The Hall–Kier alpha value is -3.75. The fraction of sp³-hybridized carbons (Fsp3) is 0.500. The molecule has 226 valence electrons. The van der Waals surface area contributed by atoms with Gasteiger partial charge in [0, 0.05) is 55.7 Å². The lowest BCUT2D eigenvalue weighted by Crippen LogP contribution is -2.43. The van der Waals surface area contributed by atoms with Gasteiger partial charge < -0.3 is 14.2 Å². The zero-order valence-electron chi connectivity index (χ0n) is 24.4. The number of hydrogen-bond donors (Lipinski definition) is 0. The third kappa shape index (κ3) is 5.66. The largest absolute Gasteiger partial charge is 0.416 e. The number of aryl methyl sites for hydroxylation is 1. The number of benzene rings is 2. The highest BCUT2D eigenvalue weighted by Crippen LogP contribution is 2.50. The van der Waals surface area contributed by atoms with Crippen LogP contribution in [-0.4, -0.2) is 51.9 Å². The van der Waals surface area contributed by atoms with E-state index in [-0.39, 0.29) is 29.0 Å². The highest BCUT2D eigenvalue weighted by atomic mass is 19.4. The first-order valence-corrected chi connectivity index (χ1v) is 14.8. The smallest absolute Gasteiger partial charge is 0.380 e. The van der Waals surface area contributed by atoms with Gasteiger partial charge in [0.1, 0.15) is 12.2 Å². The number of anilines is 1. The van der Waals surface area contributed by atoms with Crippen LogP contribution in [0.25, 0.3) is 0 Å². The Bertz CT molecular complexity index is 1560. The van der Waals surface area contributed by atoms with E-state index in [4.69, 9.17) is 4.74 Å². The summed E-state index contributed by atoms with van der Waals surface area (Å²) in [4.78, 5) is 17.3. The molecule has 1 unspecified atom stereocenters. The number of halogens is 3. The van der Waals surface area contributed by atoms with Gasteiger partial charge in [0.05, 0.1) is 31.4 Å². The molecule has 1 atom stereocenters. The van der Waals surface area contributed by atoms with Gasteiger partial charge in [-0.2, -0.15) is 18.4 Å². The van der Waals surface area contributed by atoms with Crippen molar-refractivity contribution in [3.05, 3.63) is 76.4 Å². The van der Waals surface area contributed by atoms with E-state index in [0.29, 0.717) is 62.7 Å². The summed E-state index contributed by atoms with van der Waals surface area (Å²) in [7, 11) is 1.87. The van der Waals surface area contributed by atoms with Crippen molar-refractivity contribution in [3.63, 3.8) is 0 Å². The van der Waals surface area contributed by atoms with Crippen LogP contribution in [0.4, 0.5) is 18.9 Å². The van der Waals surface area contributed by atoms with Crippen LogP contribution in [-0.2, 0) is 42.9 Å². The van der Waals surface area contributed by atoms with Gasteiger partial charge in [-0.3, -0.25) is 9.69 Å². The molecule has 0 spiro atoms. The summed E-state index contributed by atoms with van der Waals surface area (Å²) < 4.78 is 50.7. The lowest BCUT2D eigenvalue weighted by atomic mass is 9.57. The fourth-order valence-corrected chi connectivity index (χ4v) is 6.85. The zero-order chi connectivity index (χ0) is 30.4. The van der Waals surface area contributed by atoms with Gasteiger partial charge in [-0.15, -0.1) is 10.2 Å². The summed E-state index contributed by atoms with van der Waals surface area (Å²) in [6, 6.07) is 12.7. The molecule has 3 aliphatic rings. The van der Waals surface area contributed by atoms with E-state index < -0.39 is 17.6 Å². The van der Waals surface area contributed by atoms with Crippen molar-refractivity contribution in [2.75, 3.05) is 31.2 Å². The summed E-state index contributed by atoms with van der Waals surface area (Å²) in [6.07, 6.45) is -0.189. The number of nitriles is 1. The summed E-state index contributed by atoms with van der Waals surface area (Å²) >= 11 is 0. The van der Waals surface area contributed by atoms with E-state index in [1.165, 1.54) is 11.0 Å². The third-order valence-electron chi connectivity index (χ3n) is 9.34. The molecule has 2 aliphatic heterocycles. The standard InChI is InChI=1S/C32H35F3N6O2/c1-3-21-16-40(7-8-43-19-21)17-22-9-26-27(28(10-22)32(33,34)35)18-41(30(26)42)25-6-4-5-24(11-25)31(12-23(13-31)15-36)14-29-38-37-20-39(29)2/h4-6,9-11,20-21,23H,3,7-8,12-14,16-19H2,1-2H3. The van der Waals surface area contributed by atoms with Crippen LogP contribution in [0.2, 0.25) is 0 Å². The van der Waals surface area contributed by atoms with Crippen molar-refractivity contribution in [2.45, 2.75) is 57.3 Å². The van der Waals surface area contributed by atoms with Gasteiger partial charge in [-0.05, 0) is 66.1 Å². The monoisotopic (exact) mass is 592 g/mol. The van der Waals surface area contributed by atoms with Crippen molar-refractivity contribution < 1.29 is 22.7 Å². The zero-order valence-corrected chi connectivity index (χ0v) is 24.4. The average molecular weight is 593 g/mol. The Morgan fingerprint density at radius 3 is 2.72 bits per heavy atom. The maximum atomic E-state index is 14.4. The third-order valence-corrected chi connectivity index (χ3v) is 9.34. The number of alkyl halides is 3. The van der Waals surface area contributed by atoms with E-state index in [0.717, 1.165) is 24.4 Å². The lowest BCUT2D eigenvalue weighted by molar-refractivity contribution is -0.138. The number of carbonyl (C=O) groups is 1. The molecule has 1 saturated carbocycles. The molecule has 0 N–H and O–H groups in total. The summed E-state index contributed by atoms with van der Waals surface area (Å²) in [5, 5.41) is 17.8. The van der Waals surface area contributed by atoms with Crippen LogP contribution in [0.15, 0.2) is 42.7 Å². The molecule has 1 amide bonds. The number of aromatic nitrogens is 3. The van der Waals surface area contributed by atoms with E-state index in [1.54, 1.807) is 18.5 Å². The second-order valence-corrected chi connectivity index (χ2v) is 12.2. The quantitative estimate of drug-likeness (QED) is 0.372. The first-order chi connectivity index (χ1) is 20.6. The van der Waals surface area contributed by atoms with Gasteiger partial charge in [-0.25, -0.2) is 0 Å². The Kier molecular flexibility index (Phi) is 7.77. The number of amides is 1. The Labute approximate surface area is 249 Å². The molecule has 1 aromatic heterocycles. The summed E-state index contributed by atoms with van der Waals surface area (Å²) in [5.41, 5.74) is 0.959.